The number of halogens is 1. The van der Waals surface area contributed by atoms with Gasteiger partial charge in [-0.15, -0.1) is 0 Å². The van der Waals surface area contributed by atoms with Gasteiger partial charge in [-0.05, 0) is 41.7 Å². The molecule has 0 aliphatic carbocycles. The lowest BCUT2D eigenvalue weighted by molar-refractivity contribution is 0.290. The molecule has 0 saturated heterocycles. The maximum atomic E-state index is 6.22. The highest BCUT2D eigenvalue weighted by molar-refractivity contribution is 6.30. The Morgan fingerprint density at radius 3 is 2.57 bits per heavy atom. The smallest absolute Gasteiger partial charge is 0.120 e. The van der Waals surface area contributed by atoms with E-state index in [0.29, 0.717) is 17.5 Å². The Balaban J connectivity index is 1.98. The van der Waals surface area contributed by atoms with Crippen molar-refractivity contribution < 1.29 is 4.74 Å². The minimum Gasteiger partial charge on any atom is -0.492 e. The molecule has 1 unspecified atom stereocenters. The van der Waals surface area contributed by atoms with Gasteiger partial charge in [0.1, 0.15) is 12.4 Å². The third kappa shape index (κ3) is 5.07. The number of hydrogen-bond donors (Lipinski definition) is 1. The Morgan fingerprint density at radius 2 is 1.86 bits per heavy atom. The Bertz CT molecular complexity index is 583. The van der Waals surface area contributed by atoms with Crippen LogP contribution in [0.25, 0.3) is 0 Å². The molecule has 2 aromatic rings. The molecule has 0 heterocycles. The summed E-state index contributed by atoms with van der Waals surface area (Å²) in [5, 5.41) is 0.667. The molecule has 112 valence electrons. The van der Waals surface area contributed by atoms with Crippen LogP contribution in [0.4, 0.5) is 0 Å². The van der Waals surface area contributed by atoms with Gasteiger partial charge in [-0.1, -0.05) is 55.8 Å². The second-order valence-corrected chi connectivity index (χ2v) is 6.15. The van der Waals surface area contributed by atoms with Crippen molar-refractivity contribution in [3.8, 4) is 5.75 Å². The SMILES string of the molecule is CC(C)Cc1cccc(C(N)COc2cccc(Cl)c2)c1. The summed E-state index contributed by atoms with van der Waals surface area (Å²) < 4.78 is 5.71. The largest absolute Gasteiger partial charge is 0.492 e. The normalized spacial score (nSPS) is 12.4. The third-order valence-corrected chi connectivity index (χ3v) is 3.48. The highest BCUT2D eigenvalue weighted by atomic mass is 35.5. The van der Waals surface area contributed by atoms with Crippen LogP contribution < -0.4 is 10.5 Å². The molecule has 2 aromatic carbocycles. The minimum atomic E-state index is -0.143. The molecule has 0 aliphatic heterocycles. The summed E-state index contributed by atoms with van der Waals surface area (Å²) in [6, 6.07) is 15.7. The van der Waals surface area contributed by atoms with Gasteiger partial charge in [-0.25, -0.2) is 0 Å². The first kappa shape index (κ1) is 15.9. The molecule has 0 amide bonds. The Kier molecular flexibility index (Phi) is 5.66. The van der Waals surface area contributed by atoms with Gasteiger partial charge in [0.15, 0.2) is 0 Å². The average molecular weight is 304 g/mol. The number of rotatable bonds is 6. The van der Waals surface area contributed by atoms with Crippen LogP contribution in [0.1, 0.15) is 31.0 Å². The second kappa shape index (κ2) is 7.48. The maximum absolute atomic E-state index is 6.22. The highest BCUT2D eigenvalue weighted by Gasteiger charge is 2.08. The van der Waals surface area contributed by atoms with Crippen LogP contribution in [0.15, 0.2) is 48.5 Å². The van der Waals surface area contributed by atoms with Gasteiger partial charge in [0.2, 0.25) is 0 Å². The van der Waals surface area contributed by atoms with Crippen LogP contribution in [0.2, 0.25) is 5.02 Å². The number of nitrogens with two attached hydrogens (primary N) is 1. The van der Waals surface area contributed by atoms with Crippen LogP contribution in [-0.4, -0.2) is 6.61 Å². The first-order valence-corrected chi connectivity index (χ1v) is 7.65. The van der Waals surface area contributed by atoms with Gasteiger partial charge in [0, 0.05) is 5.02 Å². The molecule has 0 spiro atoms. The van der Waals surface area contributed by atoms with E-state index < -0.39 is 0 Å². The lowest BCUT2D eigenvalue weighted by atomic mass is 9.99. The van der Waals surface area contributed by atoms with E-state index in [1.807, 2.05) is 18.2 Å². The number of ether oxygens (including phenoxy) is 1. The molecule has 3 heteroatoms. The second-order valence-electron chi connectivity index (χ2n) is 5.72. The molecular formula is C18H22ClNO. The standard InChI is InChI=1S/C18H22ClNO/c1-13(2)9-14-5-3-6-15(10-14)18(20)12-21-17-8-4-7-16(19)11-17/h3-8,10-11,13,18H,9,12,20H2,1-2H3. The minimum absolute atomic E-state index is 0.143. The first-order chi connectivity index (χ1) is 10.0. The number of hydrogen-bond acceptors (Lipinski definition) is 2. The van der Waals surface area contributed by atoms with Crippen molar-refractivity contribution in [3.63, 3.8) is 0 Å². The lowest BCUT2D eigenvalue weighted by Crippen LogP contribution is -2.19. The molecule has 21 heavy (non-hydrogen) atoms. The maximum Gasteiger partial charge on any atom is 0.120 e. The van der Waals surface area contributed by atoms with E-state index >= 15 is 0 Å². The quantitative estimate of drug-likeness (QED) is 0.845. The van der Waals surface area contributed by atoms with E-state index in [1.165, 1.54) is 5.56 Å². The van der Waals surface area contributed by atoms with Crippen LogP contribution >= 0.6 is 11.6 Å². The van der Waals surface area contributed by atoms with Crippen molar-refractivity contribution >= 4 is 11.6 Å². The predicted octanol–water partition coefficient (Wildman–Crippen LogP) is 4.62. The molecule has 0 bridgehead atoms. The van der Waals surface area contributed by atoms with E-state index in [-0.39, 0.29) is 6.04 Å². The van der Waals surface area contributed by atoms with E-state index in [0.717, 1.165) is 17.7 Å². The molecule has 0 aliphatic rings. The van der Waals surface area contributed by atoms with Crippen molar-refractivity contribution in [3.05, 3.63) is 64.7 Å². The van der Waals surface area contributed by atoms with Gasteiger partial charge in [0.05, 0.1) is 6.04 Å². The fourth-order valence-corrected chi connectivity index (χ4v) is 2.44. The van der Waals surface area contributed by atoms with Crippen LogP contribution in [0.3, 0.4) is 0 Å². The molecule has 0 radical (unpaired) electrons. The molecule has 2 nitrogen and oxygen atoms in total. The van der Waals surface area contributed by atoms with E-state index in [9.17, 15) is 0 Å². The molecule has 0 aromatic heterocycles. The van der Waals surface area contributed by atoms with Crippen molar-refractivity contribution in [2.45, 2.75) is 26.3 Å². The van der Waals surface area contributed by atoms with Crippen LogP contribution in [0.5, 0.6) is 5.75 Å². The zero-order chi connectivity index (χ0) is 15.2. The lowest BCUT2D eigenvalue weighted by Gasteiger charge is -2.15. The average Bonchev–Trinajstić information content (AvgIpc) is 2.44. The van der Waals surface area contributed by atoms with Crippen LogP contribution in [0, 0.1) is 5.92 Å². The fourth-order valence-electron chi connectivity index (χ4n) is 2.26. The molecule has 0 saturated carbocycles. The monoisotopic (exact) mass is 303 g/mol. The zero-order valence-corrected chi connectivity index (χ0v) is 13.3. The van der Waals surface area contributed by atoms with E-state index in [1.54, 1.807) is 6.07 Å². The van der Waals surface area contributed by atoms with E-state index in [2.05, 4.69) is 38.1 Å². The molecule has 0 fully saturated rings. The van der Waals surface area contributed by atoms with Gasteiger partial charge in [0.25, 0.3) is 0 Å². The van der Waals surface area contributed by atoms with Crippen molar-refractivity contribution in [1.82, 2.24) is 0 Å². The molecule has 1 atom stereocenters. The molecule has 2 rings (SSSR count). The van der Waals surface area contributed by atoms with E-state index in [4.69, 9.17) is 22.1 Å². The van der Waals surface area contributed by atoms with Crippen molar-refractivity contribution in [1.29, 1.82) is 0 Å². The van der Waals surface area contributed by atoms with Crippen molar-refractivity contribution in [2.75, 3.05) is 6.61 Å². The summed E-state index contributed by atoms with van der Waals surface area (Å²) in [5.74, 6) is 1.38. The summed E-state index contributed by atoms with van der Waals surface area (Å²) in [6.07, 6.45) is 1.07. The van der Waals surface area contributed by atoms with Gasteiger partial charge in [-0.3, -0.25) is 0 Å². The zero-order valence-electron chi connectivity index (χ0n) is 12.6. The molecular weight excluding hydrogens is 282 g/mol. The Hall–Kier alpha value is -1.51. The summed E-state index contributed by atoms with van der Waals surface area (Å²) in [4.78, 5) is 0. The third-order valence-electron chi connectivity index (χ3n) is 3.25. The summed E-state index contributed by atoms with van der Waals surface area (Å²) in [6.45, 7) is 4.87. The van der Waals surface area contributed by atoms with Gasteiger partial charge >= 0.3 is 0 Å². The highest BCUT2D eigenvalue weighted by Crippen LogP contribution is 2.20. The summed E-state index contributed by atoms with van der Waals surface area (Å²) >= 11 is 5.94. The van der Waals surface area contributed by atoms with Gasteiger partial charge < -0.3 is 10.5 Å². The summed E-state index contributed by atoms with van der Waals surface area (Å²) in [7, 11) is 0. The Morgan fingerprint density at radius 1 is 1.10 bits per heavy atom. The Labute approximate surface area is 131 Å². The number of benzene rings is 2. The van der Waals surface area contributed by atoms with Gasteiger partial charge in [-0.2, -0.15) is 0 Å². The topological polar surface area (TPSA) is 35.2 Å². The molecule has 2 N–H and O–H groups in total. The summed E-state index contributed by atoms with van der Waals surface area (Å²) in [5.41, 5.74) is 8.65. The van der Waals surface area contributed by atoms with Crippen LogP contribution in [-0.2, 0) is 6.42 Å². The predicted molar refractivity (Wildman–Crippen MR) is 88.9 cm³/mol. The first-order valence-electron chi connectivity index (χ1n) is 7.27. The van der Waals surface area contributed by atoms with Crippen molar-refractivity contribution in [2.24, 2.45) is 11.7 Å². The fraction of sp³-hybridized carbons (Fsp3) is 0.333.